The maximum atomic E-state index is 12.4. The van der Waals surface area contributed by atoms with Gasteiger partial charge >= 0.3 is 10.2 Å². The molecule has 1 aromatic carbocycles. The molecule has 0 spiro atoms. The molecule has 6 heteroatoms. The smallest absolute Gasteiger partial charge is 0.295 e. The summed E-state index contributed by atoms with van der Waals surface area (Å²) in [6.07, 6.45) is 0.626. The Morgan fingerprint density at radius 3 is 2.50 bits per heavy atom. The highest BCUT2D eigenvalue weighted by Gasteiger charge is 2.32. The monoisotopic (exact) mass is 296 g/mol. The molecule has 0 amide bonds. The largest absolute Gasteiger partial charge is 0.302 e. The summed E-state index contributed by atoms with van der Waals surface area (Å²) in [4.78, 5) is 11.4. The van der Waals surface area contributed by atoms with Crippen LogP contribution in [0.4, 0.5) is 5.69 Å². The van der Waals surface area contributed by atoms with Crippen molar-refractivity contribution in [1.29, 1.82) is 0 Å². The Hall–Kier alpha value is -1.40. The molecule has 20 heavy (non-hydrogen) atoms. The van der Waals surface area contributed by atoms with Crippen LogP contribution in [0.3, 0.4) is 0 Å². The number of nitrogens with zero attached hydrogens (tertiary/aromatic N) is 1. The van der Waals surface area contributed by atoms with E-state index in [0.717, 1.165) is 5.56 Å². The first kappa shape index (κ1) is 15.0. The third kappa shape index (κ3) is 3.02. The summed E-state index contributed by atoms with van der Waals surface area (Å²) in [5.74, 6) is -0.0121. The summed E-state index contributed by atoms with van der Waals surface area (Å²) in [6.45, 7) is 7.33. The van der Waals surface area contributed by atoms with E-state index in [-0.39, 0.29) is 5.78 Å². The SMILES string of the molecule is CC(=O)c1ccc2c(c1)CCN2S(=O)(=O)NC(C)(C)C. The lowest BCUT2D eigenvalue weighted by atomic mass is 10.1. The Morgan fingerprint density at radius 1 is 1.30 bits per heavy atom. The van der Waals surface area contributed by atoms with E-state index in [9.17, 15) is 13.2 Å². The van der Waals surface area contributed by atoms with Crippen LogP contribution in [0.1, 0.15) is 43.6 Å². The highest BCUT2D eigenvalue weighted by Crippen LogP contribution is 2.31. The fourth-order valence-corrected chi connectivity index (χ4v) is 3.93. The molecule has 1 aromatic rings. The van der Waals surface area contributed by atoms with Crippen molar-refractivity contribution in [3.8, 4) is 0 Å². The maximum Gasteiger partial charge on any atom is 0.302 e. The number of hydrogen-bond donors (Lipinski definition) is 1. The van der Waals surface area contributed by atoms with Gasteiger partial charge in [0.1, 0.15) is 0 Å². The van der Waals surface area contributed by atoms with Crippen molar-refractivity contribution in [1.82, 2.24) is 4.72 Å². The average molecular weight is 296 g/mol. The topological polar surface area (TPSA) is 66.5 Å². The van der Waals surface area contributed by atoms with E-state index >= 15 is 0 Å². The third-order valence-electron chi connectivity index (χ3n) is 3.06. The molecule has 0 saturated carbocycles. The zero-order valence-electron chi connectivity index (χ0n) is 12.2. The van der Waals surface area contributed by atoms with Crippen LogP contribution < -0.4 is 9.03 Å². The second-order valence-corrected chi connectivity index (χ2v) is 7.67. The Balaban J connectivity index is 2.35. The fraction of sp³-hybridized carbons (Fsp3) is 0.500. The van der Waals surface area contributed by atoms with Crippen LogP contribution in [0.2, 0.25) is 0 Å². The van der Waals surface area contributed by atoms with Gasteiger partial charge in [0.25, 0.3) is 0 Å². The Labute approximate surface area is 120 Å². The van der Waals surface area contributed by atoms with E-state index in [2.05, 4.69) is 4.72 Å². The van der Waals surface area contributed by atoms with E-state index in [1.54, 1.807) is 39.0 Å². The summed E-state index contributed by atoms with van der Waals surface area (Å²) in [6, 6.07) is 5.16. The molecule has 0 atom stereocenters. The van der Waals surface area contributed by atoms with Crippen LogP contribution in [0.5, 0.6) is 0 Å². The van der Waals surface area contributed by atoms with Gasteiger partial charge in [-0.05, 0) is 57.9 Å². The minimum atomic E-state index is -3.57. The maximum absolute atomic E-state index is 12.4. The number of hydrogen-bond acceptors (Lipinski definition) is 3. The van der Waals surface area contributed by atoms with Gasteiger partial charge in [-0.1, -0.05) is 0 Å². The lowest BCUT2D eigenvalue weighted by Crippen LogP contribution is -2.48. The number of rotatable bonds is 3. The average Bonchev–Trinajstić information content (AvgIpc) is 2.68. The molecule has 1 aliphatic rings. The van der Waals surface area contributed by atoms with Crippen LogP contribution in [0, 0.1) is 0 Å². The number of benzene rings is 1. The lowest BCUT2D eigenvalue weighted by Gasteiger charge is -2.26. The summed E-state index contributed by atoms with van der Waals surface area (Å²) in [5.41, 5.74) is 1.65. The molecule has 110 valence electrons. The highest BCUT2D eigenvalue weighted by atomic mass is 32.2. The van der Waals surface area contributed by atoms with Gasteiger partial charge in [0.05, 0.1) is 5.69 Å². The van der Waals surface area contributed by atoms with Crippen molar-refractivity contribution in [2.75, 3.05) is 10.8 Å². The molecule has 0 bridgehead atoms. The van der Waals surface area contributed by atoms with Gasteiger partial charge in [0.15, 0.2) is 5.78 Å². The molecule has 1 heterocycles. The number of carbonyl (C=O) groups is 1. The predicted octanol–water partition coefficient (Wildman–Crippen LogP) is 1.88. The molecule has 0 saturated heterocycles. The first-order chi connectivity index (χ1) is 9.10. The normalized spacial score (nSPS) is 15.3. The molecule has 0 radical (unpaired) electrons. The lowest BCUT2D eigenvalue weighted by molar-refractivity contribution is 0.101. The predicted molar refractivity (Wildman–Crippen MR) is 79.3 cm³/mol. The van der Waals surface area contributed by atoms with E-state index in [1.807, 2.05) is 0 Å². The summed E-state index contributed by atoms with van der Waals surface area (Å²) >= 11 is 0. The van der Waals surface area contributed by atoms with Crippen molar-refractivity contribution in [3.63, 3.8) is 0 Å². The van der Waals surface area contributed by atoms with Crippen LogP contribution >= 0.6 is 0 Å². The minimum Gasteiger partial charge on any atom is -0.295 e. The Morgan fingerprint density at radius 2 is 1.95 bits per heavy atom. The highest BCUT2D eigenvalue weighted by molar-refractivity contribution is 7.91. The van der Waals surface area contributed by atoms with E-state index in [4.69, 9.17) is 0 Å². The van der Waals surface area contributed by atoms with Crippen LogP contribution in [0.25, 0.3) is 0 Å². The van der Waals surface area contributed by atoms with E-state index in [0.29, 0.717) is 24.2 Å². The molecule has 0 aromatic heterocycles. The Bertz CT molecular complexity index is 645. The van der Waals surface area contributed by atoms with Crippen LogP contribution in [-0.4, -0.2) is 26.3 Å². The molecule has 0 fully saturated rings. The summed E-state index contributed by atoms with van der Waals surface area (Å²) in [7, 11) is -3.57. The molecule has 2 rings (SSSR count). The van der Waals surface area contributed by atoms with Gasteiger partial charge in [-0.2, -0.15) is 13.1 Å². The molecular formula is C14H20N2O3S. The number of nitrogens with one attached hydrogen (secondary N) is 1. The number of fused-ring (bicyclic) bond motifs is 1. The van der Waals surface area contributed by atoms with Crippen molar-refractivity contribution in [2.45, 2.75) is 39.7 Å². The molecular weight excluding hydrogens is 276 g/mol. The first-order valence-electron chi connectivity index (χ1n) is 6.56. The zero-order valence-corrected chi connectivity index (χ0v) is 13.0. The van der Waals surface area contributed by atoms with E-state index < -0.39 is 15.7 Å². The zero-order chi connectivity index (χ0) is 15.1. The van der Waals surface area contributed by atoms with Gasteiger partial charge in [-0.3, -0.25) is 9.10 Å². The van der Waals surface area contributed by atoms with Crippen molar-refractivity contribution in [3.05, 3.63) is 29.3 Å². The quantitative estimate of drug-likeness (QED) is 0.866. The van der Waals surface area contributed by atoms with E-state index in [1.165, 1.54) is 11.2 Å². The first-order valence-corrected chi connectivity index (χ1v) is 8.00. The second-order valence-electron chi connectivity index (χ2n) is 6.08. The van der Waals surface area contributed by atoms with Gasteiger partial charge < -0.3 is 0 Å². The van der Waals surface area contributed by atoms with Crippen LogP contribution in [0.15, 0.2) is 18.2 Å². The van der Waals surface area contributed by atoms with Gasteiger partial charge in [0, 0.05) is 17.6 Å². The van der Waals surface area contributed by atoms with Crippen molar-refractivity contribution < 1.29 is 13.2 Å². The molecule has 1 aliphatic heterocycles. The summed E-state index contributed by atoms with van der Waals surface area (Å²) in [5, 5.41) is 0. The van der Waals surface area contributed by atoms with Gasteiger partial charge in [-0.25, -0.2) is 0 Å². The second kappa shape index (κ2) is 4.86. The molecule has 1 N–H and O–H groups in total. The minimum absolute atomic E-state index is 0.0121. The van der Waals surface area contributed by atoms with Gasteiger partial charge in [-0.15, -0.1) is 0 Å². The number of anilines is 1. The fourth-order valence-electron chi connectivity index (χ4n) is 2.28. The third-order valence-corrected chi connectivity index (χ3v) is 4.89. The summed E-state index contributed by atoms with van der Waals surface area (Å²) < 4.78 is 28.8. The molecule has 0 unspecified atom stereocenters. The number of carbonyl (C=O) groups excluding carboxylic acids is 1. The van der Waals surface area contributed by atoms with Gasteiger partial charge in [0.2, 0.25) is 0 Å². The number of ketones is 1. The van der Waals surface area contributed by atoms with Crippen molar-refractivity contribution in [2.24, 2.45) is 0 Å². The molecule has 0 aliphatic carbocycles. The standard InChI is InChI=1S/C14H20N2O3S/c1-10(17)11-5-6-13-12(9-11)7-8-16(13)20(18,19)15-14(2,3)4/h5-6,9,15H,7-8H2,1-4H3. The van der Waals surface area contributed by atoms with Crippen LogP contribution in [-0.2, 0) is 16.6 Å². The molecule has 5 nitrogen and oxygen atoms in total. The Kier molecular flexibility index (Phi) is 3.64. The van der Waals surface area contributed by atoms with Crippen molar-refractivity contribution >= 4 is 21.7 Å². The number of Topliss-reactive ketones (excluding diaryl/α,β-unsaturated/α-hetero) is 1.